The maximum absolute atomic E-state index is 9.33. The molecule has 0 spiro atoms. The van der Waals surface area contributed by atoms with E-state index in [1.165, 1.54) is 0 Å². The van der Waals surface area contributed by atoms with Gasteiger partial charge in [0.25, 0.3) is 0 Å². The molecule has 1 N–H and O–H groups in total. The summed E-state index contributed by atoms with van der Waals surface area (Å²) in [4.78, 5) is 4.38. The van der Waals surface area contributed by atoms with Crippen LogP contribution in [-0.4, -0.2) is 10.1 Å². The second-order valence-corrected chi connectivity index (χ2v) is 4.66. The molecule has 2 rings (SSSR count). The van der Waals surface area contributed by atoms with Crippen molar-refractivity contribution in [3.63, 3.8) is 0 Å². The van der Waals surface area contributed by atoms with Crippen molar-refractivity contribution in [2.45, 2.75) is 34.0 Å². The van der Waals surface area contributed by atoms with Crippen LogP contribution in [0.5, 0.6) is 5.75 Å². The lowest BCUT2D eigenvalue weighted by molar-refractivity contribution is 0.270. The van der Waals surface area contributed by atoms with Gasteiger partial charge in [0.1, 0.15) is 12.4 Å². The van der Waals surface area contributed by atoms with Gasteiger partial charge in [-0.25, -0.2) is 0 Å². The van der Waals surface area contributed by atoms with E-state index in [0.29, 0.717) is 12.3 Å². The van der Waals surface area contributed by atoms with Gasteiger partial charge in [0, 0.05) is 16.8 Å². The first-order chi connectivity index (χ1) is 9.13. The summed E-state index contributed by atoms with van der Waals surface area (Å²) in [5, 5.41) is 9.33. The molecule has 0 radical (unpaired) electrons. The Balaban J connectivity index is 2.27. The molecule has 0 atom stereocenters. The molecule has 0 amide bonds. The number of nitrogens with zero attached hydrogens (tertiary/aromatic N) is 1. The van der Waals surface area contributed by atoms with E-state index in [4.69, 9.17) is 4.74 Å². The Bertz CT molecular complexity index is 565. The van der Waals surface area contributed by atoms with Gasteiger partial charge in [-0.05, 0) is 26.3 Å². The average molecular weight is 257 g/mol. The predicted molar refractivity (Wildman–Crippen MR) is 75.1 cm³/mol. The van der Waals surface area contributed by atoms with Crippen molar-refractivity contribution in [1.82, 2.24) is 4.98 Å². The van der Waals surface area contributed by atoms with Crippen LogP contribution < -0.4 is 4.74 Å². The van der Waals surface area contributed by atoms with Crippen LogP contribution >= 0.6 is 0 Å². The molecule has 0 saturated heterocycles. The van der Waals surface area contributed by atoms with Gasteiger partial charge in [-0.15, -0.1) is 0 Å². The molecule has 0 aliphatic carbocycles. The molecular weight excluding hydrogens is 238 g/mol. The van der Waals surface area contributed by atoms with E-state index in [2.05, 4.69) is 4.98 Å². The highest BCUT2D eigenvalue weighted by Gasteiger charge is 2.12. The lowest BCUT2D eigenvalue weighted by Crippen LogP contribution is -2.05. The van der Waals surface area contributed by atoms with Crippen molar-refractivity contribution >= 4 is 0 Å². The molecule has 0 unspecified atom stereocenters. The molecule has 0 bridgehead atoms. The van der Waals surface area contributed by atoms with Crippen LogP contribution in [0.4, 0.5) is 0 Å². The van der Waals surface area contributed by atoms with Gasteiger partial charge in [0.15, 0.2) is 0 Å². The molecule has 1 heterocycles. The number of rotatable bonds is 4. The quantitative estimate of drug-likeness (QED) is 0.915. The number of aliphatic hydroxyl groups excluding tert-OH is 1. The third-order valence-corrected chi connectivity index (χ3v) is 3.34. The molecule has 0 aliphatic heterocycles. The molecule has 0 fully saturated rings. The third kappa shape index (κ3) is 2.93. The smallest absolute Gasteiger partial charge is 0.129 e. The van der Waals surface area contributed by atoms with Gasteiger partial charge in [-0.1, -0.05) is 30.3 Å². The van der Waals surface area contributed by atoms with E-state index in [1.54, 1.807) is 0 Å². The number of ether oxygens (including phenoxy) is 1. The van der Waals surface area contributed by atoms with Crippen molar-refractivity contribution in [2.75, 3.05) is 0 Å². The summed E-state index contributed by atoms with van der Waals surface area (Å²) in [5.41, 5.74) is 4.66. The first-order valence-electron chi connectivity index (χ1n) is 6.37. The molecule has 3 nitrogen and oxygen atoms in total. The topological polar surface area (TPSA) is 42.4 Å². The third-order valence-electron chi connectivity index (χ3n) is 3.34. The monoisotopic (exact) mass is 257 g/mol. The van der Waals surface area contributed by atoms with Gasteiger partial charge in [-0.2, -0.15) is 0 Å². The maximum atomic E-state index is 9.33. The van der Waals surface area contributed by atoms with E-state index in [1.807, 2.05) is 51.1 Å². The Labute approximate surface area is 113 Å². The summed E-state index contributed by atoms with van der Waals surface area (Å²) in [6.07, 6.45) is 0. The maximum Gasteiger partial charge on any atom is 0.129 e. The highest BCUT2D eigenvalue weighted by molar-refractivity contribution is 5.44. The number of pyridine rings is 1. The molecular formula is C16H19NO2. The second kappa shape index (κ2) is 5.85. The zero-order valence-electron chi connectivity index (χ0n) is 11.6. The van der Waals surface area contributed by atoms with Crippen molar-refractivity contribution < 1.29 is 9.84 Å². The van der Waals surface area contributed by atoms with Crippen LogP contribution in [-0.2, 0) is 13.2 Å². The number of aromatic nitrogens is 1. The van der Waals surface area contributed by atoms with Crippen molar-refractivity contribution in [3.8, 4) is 5.75 Å². The highest BCUT2D eigenvalue weighted by Crippen LogP contribution is 2.28. The summed E-state index contributed by atoms with van der Waals surface area (Å²) in [6.45, 7) is 6.33. The Kier molecular flexibility index (Phi) is 4.17. The van der Waals surface area contributed by atoms with Gasteiger partial charge in [0.2, 0.25) is 0 Å². The fourth-order valence-electron chi connectivity index (χ4n) is 2.05. The van der Waals surface area contributed by atoms with E-state index in [9.17, 15) is 5.11 Å². The van der Waals surface area contributed by atoms with Crippen LogP contribution in [0.25, 0.3) is 0 Å². The predicted octanol–water partition coefficient (Wildman–Crippen LogP) is 3.08. The SMILES string of the molecule is Cc1nc(CO)c(C)c(OCc2ccccc2)c1C. The van der Waals surface area contributed by atoms with Crippen LogP contribution in [0.2, 0.25) is 0 Å². The molecule has 1 aromatic heterocycles. The van der Waals surface area contributed by atoms with E-state index < -0.39 is 0 Å². The zero-order valence-corrected chi connectivity index (χ0v) is 11.6. The molecule has 0 aliphatic rings. The molecule has 19 heavy (non-hydrogen) atoms. The first kappa shape index (κ1) is 13.6. The summed E-state index contributed by atoms with van der Waals surface area (Å²) >= 11 is 0. The lowest BCUT2D eigenvalue weighted by atomic mass is 10.1. The van der Waals surface area contributed by atoms with E-state index in [0.717, 1.165) is 28.1 Å². The molecule has 1 aromatic carbocycles. The minimum atomic E-state index is -0.0609. The van der Waals surface area contributed by atoms with Crippen LogP contribution in [0, 0.1) is 20.8 Å². The number of aryl methyl sites for hydroxylation is 1. The standard InChI is InChI=1S/C16H19NO2/c1-11-13(3)17-15(9-18)12(2)16(11)19-10-14-7-5-4-6-8-14/h4-8,18H,9-10H2,1-3H3. The molecule has 0 saturated carbocycles. The summed E-state index contributed by atoms with van der Waals surface area (Å²) < 4.78 is 5.93. The fraction of sp³-hybridized carbons (Fsp3) is 0.312. The van der Waals surface area contributed by atoms with Crippen molar-refractivity contribution in [3.05, 3.63) is 58.4 Å². The Morgan fingerprint density at radius 1 is 1.05 bits per heavy atom. The summed E-state index contributed by atoms with van der Waals surface area (Å²) in [7, 11) is 0. The van der Waals surface area contributed by atoms with Gasteiger partial charge in [0.05, 0.1) is 12.3 Å². The normalized spacial score (nSPS) is 10.5. The molecule has 3 heteroatoms. The summed E-state index contributed by atoms with van der Waals surface area (Å²) in [6, 6.07) is 10.0. The van der Waals surface area contributed by atoms with E-state index >= 15 is 0 Å². The van der Waals surface area contributed by atoms with Gasteiger partial charge >= 0.3 is 0 Å². The highest BCUT2D eigenvalue weighted by atomic mass is 16.5. The molecule has 100 valence electrons. The molecule has 2 aromatic rings. The minimum Gasteiger partial charge on any atom is -0.488 e. The van der Waals surface area contributed by atoms with E-state index in [-0.39, 0.29) is 6.61 Å². The summed E-state index contributed by atoms with van der Waals surface area (Å²) in [5.74, 6) is 0.834. The second-order valence-electron chi connectivity index (χ2n) is 4.66. The van der Waals surface area contributed by atoms with Gasteiger partial charge in [-0.3, -0.25) is 4.98 Å². The van der Waals surface area contributed by atoms with Crippen LogP contribution in [0.15, 0.2) is 30.3 Å². The number of hydrogen-bond acceptors (Lipinski definition) is 3. The van der Waals surface area contributed by atoms with Crippen LogP contribution in [0.1, 0.15) is 28.1 Å². The lowest BCUT2D eigenvalue weighted by Gasteiger charge is -2.16. The zero-order chi connectivity index (χ0) is 13.8. The number of aliphatic hydroxyl groups is 1. The first-order valence-corrected chi connectivity index (χ1v) is 6.37. The average Bonchev–Trinajstić information content (AvgIpc) is 2.44. The fourth-order valence-corrected chi connectivity index (χ4v) is 2.05. The van der Waals surface area contributed by atoms with Crippen molar-refractivity contribution in [1.29, 1.82) is 0 Å². The Morgan fingerprint density at radius 2 is 1.74 bits per heavy atom. The number of benzene rings is 1. The van der Waals surface area contributed by atoms with Crippen LogP contribution in [0.3, 0.4) is 0 Å². The van der Waals surface area contributed by atoms with Crippen molar-refractivity contribution in [2.24, 2.45) is 0 Å². The Morgan fingerprint density at radius 3 is 2.37 bits per heavy atom. The Hall–Kier alpha value is -1.87. The minimum absolute atomic E-state index is 0.0609. The largest absolute Gasteiger partial charge is 0.488 e. The number of hydrogen-bond donors (Lipinski definition) is 1. The van der Waals surface area contributed by atoms with Gasteiger partial charge < -0.3 is 9.84 Å².